The molecule has 1 rings (SSSR count). The first kappa shape index (κ1) is 17.9. The molecule has 0 aromatic heterocycles. The van der Waals surface area contributed by atoms with Crippen LogP contribution in [0, 0.1) is 6.92 Å². The Morgan fingerprint density at radius 2 is 1.64 bits per heavy atom. The topological polar surface area (TPSA) is 9.23 Å². The minimum absolute atomic E-state index is 0. The first-order valence-electron chi connectivity index (χ1n) is 3.78. The summed E-state index contributed by atoms with van der Waals surface area (Å²) in [6.07, 6.45) is 4.83. The molecule has 11 heavy (non-hydrogen) atoms. The summed E-state index contributed by atoms with van der Waals surface area (Å²) >= 11 is 0. The summed E-state index contributed by atoms with van der Waals surface area (Å²) in [7, 11) is 0. The molecule has 1 heterocycles. The summed E-state index contributed by atoms with van der Waals surface area (Å²) in [4.78, 5) is 0. The minimum atomic E-state index is 0. The van der Waals surface area contributed by atoms with Crippen LogP contribution in [-0.4, -0.2) is 36.3 Å². The van der Waals surface area contributed by atoms with Gasteiger partial charge in [-0.25, -0.2) is 0 Å². The normalized spacial score (nSPS) is 13.6. The van der Waals surface area contributed by atoms with Gasteiger partial charge in [0.2, 0.25) is 0 Å². The first-order chi connectivity index (χ1) is 4.41. The van der Waals surface area contributed by atoms with Crippen molar-refractivity contribution >= 4 is 23.1 Å². The van der Waals surface area contributed by atoms with Crippen LogP contribution in [0.1, 0.15) is 32.6 Å². The van der Waals surface area contributed by atoms with E-state index in [-0.39, 0.29) is 35.5 Å². The number of ether oxygens (including phenoxy) is 1. The van der Waals surface area contributed by atoms with Gasteiger partial charge in [0, 0.05) is 13.2 Å². The van der Waals surface area contributed by atoms with E-state index in [1.165, 1.54) is 19.3 Å². The molecule has 0 aromatic carbocycles. The third-order valence-corrected chi connectivity index (χ3v) is 1.18. The zero-order valence-corrected chi connectivity index (χ0v) is 9.61. The van der Waals surface area contributed by atoms with E-state index in [2.05, 4.69) is 13.8 Å². The van der Waals surface area contributed by atoms with Gasteiger partial charge in [-0.05, 0) is 12.8 Å². The van der Waals surface area contributed by atoms with E-state index in [0.717, 1.165) is 19.6 Å². The van der Waals surface area contributed by atoms with E-state index >= 15 is 0 Å². The van der Waals surface area contributed by atoms with Crippen molar-refractivity contribution in [3.8, 4) is 0 Å². The molecule has 0 aliphatic carbocycles. The van der Waals surface area contributed by atoms with Crippen LogP contribution >= 0.6 is 0 Å². The molecule has 64 valence electrons. The van der Waals surface area contributed by atoms with Crippen molar-refractivity contribution in [2.45, 2.75) is 32.6 Å². The van der Waals surface area contributed by atoms with E-state index in [9.17, 15) is 0 Å². The Bertz CT molecular complexity index is 39.7. The fourth-order valence-corrected chi connectivity index (χ4v) is 0.510. The SMILES string of the molecule is C1CCOC1.[CH2-]CCC.[Cl-].[Mg+2]. The molecule has 3 heteroatoms. The largest absolute Gasteiger partial charge is 2.00 e. The second kappa shape index (κ2) is 17.2. The predicted octanol–water partition coefficient (Wildman–Crippen LogP) is -0.959. The van der Waals surface area contributed by atoms with E-state index < -0.39 is 0 Å². The van der Waals surface area contributed by atoms with Gasteiger partial charge in [-0.2, -0.15) is 6.42 Å². The van der Waals surface area contributed by atoms with Gasteiger partial charge in [0.15, 0.2) is 0 Å². The van der Waals surface area contributed by atoms with E-state index in [1.54, 1.807) is 0 Å². The predicted molar refractivity (Wildman–Crippen MR) is 46.1 cm³/mol. The quantitative estimate of drug-likeness (QED) is 0.381. The number of hydrogen-bond acceptors (Lipinski definition) is 1. The molecule has 1 aliphatic heterocycles. The summed E-state index contributed by atoms with van der Waals surface area (Å²) in [5.41, 5.74) is 0. The van der Waals surface area contributed by atoms with Crippen LogP contribution in [0.25, 0.3) is 0 Å². The minimum Gasteiger partial charge on any atom is -1.00 e. The maximum Gasteiger partial charge on any atom is 2.00 e. The van der Waals surface area contributed by atoms with Crippen molar-refractivity contribution in [3.05, 3.63) is 6.92 Å². The second-order valence-electron chi connectivity index (χ2n) is 2.17. The summed E-state index contributed by atoms with van der Waals surface area (Å²) in [5.74, 6) is 0. The van der Waals surface area contributed by atoms with E-state index in [0.29, 0.717) is 0 Å². The zero-order chi connectivity index (χ0) is 6.95. The van der Waals surface area contributed by atoms with Gasteiger partial charge in [-0.15, -0.1) is 0 Å². The Hall–Kier alpha value is 1.02. The maximum absolute atomic E-state index is 4.94. The fourth-order valence-electron chi connectivity index (χ4n) is 0.510. The van der Waals surface area contributed by atoms with Gasteiger partial charge >= 0.3 is 23.1 Å². The van der Waals surface area contributed by atoms with Crippen LogP contribution in [0.2, 0.25) is 0 Å². The molecular formula is C8H17ClMgO. The number of rotatable bonds is 1. The van der Waals surface area contributed by atoms with Crippen LogP contribution in [0.3, 0.4) is 0 Å². The first-order valence-corrected chi connectivity index (χ1v) is 3.78. The summed E-state index contributed by atoms with van der Waals surface area (Å²) in [6, 6.07) is 0. The Morgan fingerprint density at radius 3 is 1.73 bits per heavy atom. The molecule has 0 spiro atoms. The molecule has 0 N–H and O–H groups in total. The van der Waals surface area contributed by atoms with E-state index in [4.69, 9.17) is 4.74 Å². The Balaban J connectivity index is -0.000000101. The third kappa shape index (κ3) is 18.2. The van der Waals surface area contributed by atoms with Crippen LogP contribution in [-0.2, 0) is 4.74 Å². The van der Waals surface area contributed by atoms with Gasteiger partial charge in [-0.1, -0.05) is 13.3 Å². The standard InChI is InChI=1S/C4H8O.C4H9.ClH.Mg/c1-2-4-5-3-1;1-3-4-2;;/h1-4H2;1,3-4H2,2H3;1H;/q;-1;;+2/p-1. The number of hydrogen-bond donors (Lipinski definition) is 0. The number of unbranched alkanes of at least 4 members (excludes halogenated alkanes) is 1. The van der Waals surface area contributed by atoms with Gasteiger partial charge in [-0.3, -0.25) is 0 Å². The van der Waals surface area contributed by atoms with Crippen molar-refractivity contribution in [2.75, 3.05) is 13.2 Å². The Morgan fingerprint density at radius 1 is 1.27 bits per heavy atom. The van der Waals surface area contributed by atoms with Crippen molar-refractivity contribution in [1.29, 1.82) is 0 Å². The average molecular weight is 189 g/mol. The molecule has 0 unspecified atom stereocenters. The fraction of sp³-hybridized carbons (Fsp3) is 0.875. The summed E-state index contributed by atoms with van der Waals surface area (Å²) in [5, 5.41) is 0. The zero-order valence-electron chi connectivity index (χ0n) is 7.44. The number of halogens is 1. The van der Waals surface area contributed by atoms with Crippen molar-refractivity contribution in [3.63, 3.8) is 0 Å². The molecule has 1 saturated heterocycles. The monoisotopic (exact) mass is 188 g/mol. The molecule has 0 atom stereocenters. The second-order valence-corrected chi connectivity index (χ2v) is 2.17. The van der Waals surface area contributed by atoms with E-state index in [1.807, 2.05) is 0 Å². The van der Waals surface area contributed by atoms with Crippen LogP contribution < -0.4 is 12.4 Å². The van der Waals surface area contributed by atoms with Gasteiger partial charge < -0.3 is 24.1 Å². The van der Waals surface area contributed by atoms with Crippen LogP contribution in [0.4, 0.5) is 0 Å². The maximum atomic E-state index is 4.94. The molecule has 1 fully saturated rings. The molecule has 0 bridgehead atoms. The van der Waals surface area contributed by atoms with Crippen LogP contribution in [0.15, 0.2) is 0 Å². The molecule has 0 amide bonds. The summed E-state index contributed by atoms with van der Waals surface area (Å²) in [6.45, 7) is 7.72. The van der Waals surface area contributed by atoms with Gasteiger partial charge in [0.25, 0.3) is 0 Å². The summed E-state index contributed by atoms with van der Waals surface area (Å²) < 4.78 is 4.94. The molecule has 0 radical (unpaired) electrons. The Kier molecular flexibility index (Phi) is 28.0. The third-order valence-electron chi connectivity index (χ3n) is 1.18. The van der Waals surface area contributed by atoms with Crippen molar-refractivity contribution in [2.24, 2.45) is 0 Å². The van der Waals surface area contributed by atoms with Gasteiger partial charge in [0.05, 0.1) is 0 Å². The smallest absolute Gasteiger partial charge is 1.00 e. The molecule has 1 nitrogen and oxygen atoms in total. The Labute approximate surface area is 92.8 Å². The average Bonchev–Trinajstić information content (AvgIpc) is 2.43. The van der Waals surface area contributed by atoms with Crippen molar-refractivity contribution in [1.82, 2.24) is 0 Å². The van der Waals surface area contributed by atoms with Crippen LogP contribution in [0.5, 0.6) is 0 Å². The molecule has 0 saturated carbocycles. The molecule has 0 aromatic rings. The van der Waals surface area contributed by atoms with Gasteiger partial charge in [0.1, 0.15) is 0 Å². The molecular weight excluding hydrogens is 172 g/mol. The molecule has 1 aliphatic rings. The van der Waals surface area contributed by atoms with Crippen molar-refractivity contribution < 1.29 is 17.1 Å².